The molecule has 1 heterocycles. The standard InChI is InChI=1S/C17H24N2O2S/c1-13(2)12-19(10-11-21-3)17(20)9-8-16-18-14-6-4-5-7-15(14)22-16/h4-7,13H,8-12H2,1-3H3. The summed E-state index contributed by atoms with van der Waals surface area (Å²) in [4.78, 5) is 18.9. The molecule has 4 nitrogen and oxygen atoms in total. The van der Waals surface area contributed by atoms with Gasteiger partial charge in [-0.3, -0.25) is 4.79 Å². The van der Waals surface area contributed by atoms with Crippen LogP contribution >= 0.6 is 11.3 Å². The van der Waals surface area contributed by atoms with Crippen LogP contribution in [0.15, 0.2) is 24.3 Å². The van der Waals surface area contributed by atoms with Gasteiger partial charge in [-0.05, 0) is 18.1 Å². The van der Waals surface area contributed by atoms with E-state index in [-0.39, 0.29) is 5.91 Å². The number of fused-ring (bicyclic) bond motifs is 1. The van der Waals surface area contributed by atoms with Crippen LogP contribution in [-0.4, -0.2) is 42.6 Å². The Morgan fingerprint density at radius 1 is 1.36 bits per heavy atom. The van der Waals surface area contributed by atoms with Crippen LogP contribution in [0.5, 0.6) is 0 Å². The summed E-state index contributed by atoms with van der Waals surface area (Å²) in [5.74, 6) is 0.647. The van der Waals surface area contributed by atoms with E-state index < -0.39 is 0 Å². The Kier molecular flexibility index (Phi) is 6.34. The molecule has 0 radical (unpaired) electrons. The Bertz CT molecular complexity index is 576. The van der Waals surface area contributed by atoms with Crippen molar-refractivity contribution in [3.05, 3.63) is 29.3 Å². The van der Waals surface area contributed by atoms with Gasteiger partial charge in [0.2, 0.25) is 5.91 Å². The van der Waals surface area contributed by atoms with Gasteiger partial charge in [-0.2, -0.15) is 0 Å². The zero-order valence-electron chi connectivity index (χ0n) is 13.5. The molecule has 0 unspecified atom stereocenters. The quantitative estimate of drug-likeness (QED) is 0.749. The summed E-state index contributed by atoms with van der Waals surface area (Å²) >= 11 is 1.68. The van der Waals surface area contributed by atoms with Gasteiger partial charge >= 0.3 is 0 Å². The molecule has 0 N–H and O–H groups in total. The van der Waals surface area contributed by atoms with Crippen LogP contribution in [-0.2, 0) is 16.0 Å². The molecule has 5 heteroatoms. The maximum atomic E-state index is 12.4. The van der Waals surface area contributed by atoms with Crippen molar-refractivity contribution < 1.29 is 9.53 Å². The van der Waals surface area contributed by atoms with Gasteiger partial charge in [0.1, 0.15) is 0 Å². The van der Waals surface area contributed by atoms with E-state index in [0.29, 0.717) is 31.9 Å². The fourth-order valence-corrected chi connectivity index (χ4v) is 3.33. The molecule has 22 heavy (non-hydrogen) atoms. The maximum absolute atomic E-state index is 12.4. The molecule has 1 amide bonds. The molecule has 0 aliphatic rings. The molecule has 0 spiro atoms. The largest absolute Gasteiger partial charge is 0.383 e. The van der Waals surface area contributed by atoms with Crippen molar-refractivity contribution >= 4 is 27.5 Å². The fourth-order valence-electron chi connectivity index (χ4n) is 2.36. The molecule has 0 saturated carbocycles. The van der Waals surface area contributed by atoms with E-state index in [2.05, 4.69) is 24.9 Å². The van der Waals surface area contributed by atoms with Gasteiger partial charge in [0.15, 0.2) is 0 Å². The Hall–Kier alpha value is -1.46. The van der Waals surface area contributed by atoms with Crippen molar-refractivity contribution in [1.29, 1.82) is 0 Å². The second-order valence-corrected chi connectivity index (χ2v) is 6.92. The van der Waals surface area contributed by atoms with Crippen molar-refractivity contribution in [3.8, 4) is 0 Å². The van der Waals surface area contributed by atoms with E-state index in [9.17, 15) is 4.79 Å². The van der Waals surface area contributed by atoms with E-state index in [4.69, 9.17) is 4.74 Å². The summed E-state index contributed by atoms with van der Waals surface area (Å²) in [5, 5.41) is 1.03. The number of methoxy groups -OCH3 is 1. The Morgan fingerprint density at radius 2 is 2.14 bits per heavy atom. The summed E-state index contributed by atoms with van der Waals surface area (Å²) in [6.07, 6.45) is 1.22. The van der Waals surface area contributed by atoms with Crippen molar-refractivity contribution in [3.63, 3.8) is 0 Å². The van der Waals surface area contributed by atoms with E-state index >= 15 is 0 Å². The Balaban J connectivity index is 1.93. The topological polar surface area (TPSA) is 42.4 Å². The van der Waals surface area contributed by atoms with Gasteiger partial charge in [-0.15, -0.1) is 11.3 Å². The van der Waals surface area contributed by atoms with Gasteiger partial charge in [0, 0.05) is 33.0 Å². The van der Waals surface area contributed by atoms with E-state index in [1.54, 1.807) is 18.4 Å². The van der Waals surface area contributed by atoms with E-state index in [1.807, 2.05) is 23.1 Å². The number of benzene rings is 1. The number of rotatable bonds is 8. The lowest BCUT2D eigenvalue weighted by molar-refractivity contribution is -0.132. The molecule has 0 aliphatic carbocycles. The number of hydrogen-bond donors (Lipinski definition) is 0. The predicted octanol–water partition coefficient (Wildman–Crippen LogP) is 3.36. The molecule has 0 atom stereocenters. The number of carbonyl (C=O) groups is 1. The molecule has 0 bridgehead atoms. The molecule has 0 aliphatic heterocycles. The molecule has 0 saturated heterocycles. The van der Waals surface area contributed by atoms with Gasteiger partial charge < -0.3 is 9.64 Å². The number of hydrogen-bond acceptors (Lipinski definition) is 4. The van der Waals surface area contributed by atoms with Crippen molar-refractivity contribution in [2.24, 2.45) is 5.92 Å². The zero-order chi connectivity index (χ0) is 15.9. The van der Waals surface area contributed by atoms with Crippen LogP contribution in [0.4, 0.5) is 0 Å². The molecular formula is C17H24N2O2S. The minimum absolute atomic E-state index is 0.185. The Morgan fingerprint density at radius 3 is 2.82 bits per heavy atom. The number of nitrogens with zero attached hydrogens (tertiary/aromatic N) is 2. The van der Waals surface area contributed by atoms with Crippen LogP contribution in [0.1, 0.15) is 25.3 Å². The summed E-state index contributed by atoms with van der Waals surface area (Å²) in [5.41, 5.74) is 1.02. The molecule has 2 aromatic rings. The third-order valence-electron chi connectivity index (χ3n) is 3.39. The molecule has 120 valence electrons. The SMILES string of the molecule is COCCN(CC(C)C)C(=O)CCc1nc2ccccc2s1. The van der Waals surface area contributed by atoms with Crippen LogP contribution in [0.25, 0.3) is 10.2 Å². The molecule has 0 fully saturated rings. The highest BCUT2D eigenvalue weighted by atomic mass is 32.1. The van der Waals surface area contributed by atoms with Gasteiger partial charge in [0.25, 0.3) is 0 Å². The van der Waals surface area contributed by atoms with E-state index in [0.717, 1.165) is 17.1 Å². The maximum Gasteiger partial charge on any atom is 0.223 e. The average Bonchev–Trinajstić information content (AvgIpc) is 2.91. The lowest BCUT2D eigenvalue weighted by Gasteiger charge is -2.24. The second-order valence-electron chi connectivity index (χ2n) is 5.80. The van der Waals surface area contributed by atoms with Gasteiger partial charge in [-0.1, -0.05) is 26.0 Å². The fraction of sp³-hybridized carbons (Fsp3) is 0.529. The first kappa shape index (κ1) is 16.9. The first-order chi connectivity index (χ1) is 10.6. The summed E-state index contributed by atoms with van der Waals surface area (Å²) in [6.45, 7) is 6.27. The third kappa shape index (κ3) is 4.78. The van der Waals surface area contributed by atoms with E-state index in [1.165, 1.54) is 4.70 Å². The molecule has 1 aromatic heterocycles. The number of aryl methyl sites for hydroxylation is 1. The van der Waals surface area contributed by atoms with Crippen LogP contribution in [0, 0.1) is 5.92 Å². The number of carbonyl (C=O) groups excluding carboxylic acids is 1. The smallest absolute Gasteiger partial charge is 0.223 e. The first-order valence-corrected chi connectivity index (χ1v) is 8.53. The van der Waals surface area contributed by atoms with Gasteiger partial charge in [-0.25, -0.2) is 4.98 Å². The highest BCUT2D eigenvalue weighted by Gasteiger charge is 2.15. The van der Waals surface area contributed by atoms with Crippen molar-refractivity contribution in [2.45, 2.75) is 26.7 Å². The van der Waals surface area contributed by atoms with Crippen LogP contribution < -0.4 is 0 Å². The van der Waals surface area contributed by atoms with Gasteiger partial charge in [0.05, 0.1) is 21.8 Å². The minimum atomic E-state index is 0.185. The summed E-state index contributed by atoms with van der Waals surface area (Å²) in [6, 6.07) is 8.10. The summed E-state index contributed by atoms with van der Waals surface area (Å²) < 4.78 is 6.29. The second kappa shape index (κ2) is 8.25. The van der Waals surface area contributed by atoms with Crippen molar-refractivity contribution in [1.82, 2.24) is 9.88 Å². The summed E-state index contributed by atoms with van der Waals surface area (Å²) in [7, 11) is 1.67. The first-order valence-electron chi connectivity index (χ1n) is 7.71. The number of ether oxygens (including phenoxy) is 1. The predicted molar refractivity (Wildman–Crippen MR) is 91.2 cm³/mol. The normalized spacial score (nSPS) is 11.3. The van der Waals surface area contributed by atoms with Crippen LogP contribution in [0.2, 0.25) is 0 Å². The highest BCUT2D eigenvalue weighted by Crippen LogP contribution is 2.22. The highest BCUT2D eigenvalue weighted by molar-refractivity contribution is 7.18. The number of amides is 1. The number of para-hydroxylation sites is 1. The monoisotopic (exact) mass is 320 g/mol. The lowest BCUT2D eigenvalue weighted by Crippen LogP contribution is -2.36. The number of aromatic nitrogens is 1. The number of thiazole rings is 1. The molecule has 2 rings (SSSR count). The van der Waals surface area contributed by atoms with Crippen molar-refractivity contribution in [2.75, 3.05) is 26.8 Å². The third-order valence-corrected chi connectivity index (χ3v) is 4.49. The average molecular weight is 320 g/mol. The zero-order valence-corrected chi connectivity index (χ0v) is 14.4. The van der Waals surface area contributed by atoms with Crippen LogP contribution in [0.3, 0.4) is 0 Å². The molecule has 1 aromatic carbocycles. The minimum Gasteiger partial charge on any atom is -0.383 e. The molecular weight excluding hydrogens is 296 g/mol. The Labute approximate surface area is 136 Å². The lowest BCUT2D eigenvalue weighted by atomic mass is 10.2.